The second kappa shape index (κ2) is 12.6. The van der Waals surface area contributed by atoms with Gasteiger partial charge in [0.1, 0.15) is 11.6 Å². The van der Waals surface area contributed by atoms with Crippen molar-refractivity contribution in [1.29, 1.82) is 0 Å². The summed E-state index contributed by atoms with van der Waals surface area (Å²) < 4.78 is 2.30. The number of hydrogen-bond acceptors (Lipinski definition) is 3. The third-order valence-corrected chi connectivity index (χ3v) is 10.5. The van der Waals surface area contributed by atoms with Gasteiger partial charge >= 0.3 is 0 Å². The number of benzene rings is 6. The summed E-state index contributed by atoms with van der Waals surface area (Å²) >= 11 is 0. The molecule has 1 N–H and O–H groups in total. The van der Waals surface area contributed by atoms with Crippen LogP contribution in [0.15, 0.2) is 146 Å². The molecule has 0 aliphatic heterocycles. The van der Waals surface area contributed by atoms with E-state index in [1.165, 1.54) is 22.1 Å². The first-order chi connectivity index (χ1) is 25.0. The largest absolute Gasteiger partial charge is 0.507 e. The van der Waals surface area contributed by atoms with Crippen LogP contribution >= 0.6 is 0 Å². The highest BCUT2D eigenvalue weighted by molar-refractivity contribution is 6.05. The Kier molecular flexibility index (Phi) is 8.06. The number of fused-ring (bicyclic) bond motifs is 2. The van der Waals surface area contributed by atoms with E-state index >= 15 is 0 Å². The zero-order valence-corrected chi connectivity index (χ0v) is 30.6. The van der Waals surface area contributed by atoms with Crippen molar-refractivity contribution < 1.29 is 5.11 Å². The number of nitrogens with zero attached hydrogens (tertiary/aromatic N) is 3. The molecule has 0 radical (unpaired) electrons. The molecule has 0 aliphatic carbocycles. The van der Waals surface area contributed by atoms with Crippen LogP contribution in [0.4, 0.5) is 0 Å². The molecule has 0 amide bonds. The number of imidazole rings is 1. The van der Waals surface area contributed by atoms with Crippen molar-refractivity contribution >= 4 is 21.9 Å². The molecule has 0 saturated carbocycles. The van der Waals surface area contributed by atoms with Crippen LogP contribution in [0, 0.1) is 6.92 Å². The molecule has 8 aromatic rings. The molecule has 0 spiro atoms. The van der Waals surface area contributed by atoms with Gasteiger partial charge in [-0.25, -0.2) is 4.98 Å². The molecule has 4 heteroatoms. The number of hydrogen-bond donors (Lipinski definition) is 1. The maximum Gasteiger partial charge on any atom is 0.145 e. The Hall–Kier alpha value is -6.00. The number of aromatic nitrogens is 3. The third-order valence-electron chi connectivity index (χ3n) is 10.5. The van der Waals surface area contributed by atoms with E-state index in [9.17, 15) is 5.11 Å². The lowest BCUT2D eigenvalue weighted by Gasteiger charge is -2.31. The van der Waals surface area contributed by atoms with E-state index in [1.807, 2.05) is 24.4 Å². The summed E-state index contributed by atoms with van der Waals surface area (Å²) in [6.45, 7) is 13.2. The number of phenols is 1. The number of rotatable bonds is 6. The molecule has 0 fully saturated rings. The van der Waals surface area contributed by atoms with Crippen LogP contribution in [0.1, 0.15) is 51.3 Å². The molecular weight excluding hydrogens is 635 g/mol. The van der Waals surface area contributed by atoms with Crippen LogP contribution in [0.3, 0.4) is 0 Å². The van der Waals surface area contributed by atoms with Crippen molar-refractivity contribution in [1.82, 2.24) is 14.5 Å². The van der Waals surface area contributed by atoms with Crippen molar-refractivity contribution in [2.45, 2.75) is 52.5 Å². The van der Waals surface area contributed by atoms with E-state index in [-0.39, 0.29) is 11.2 Å². The van der Waals surface area contributed by atoms with Crippen LogP contribution in [0.2, 0.25) is 0 Å². The van der Waals surface area contributed by atoms with Gasteiger partial charge in [-0.05, 0) is 95.5 Å². The molecule has 256 valence electrons. The van der Waals surface area contributed by atoms with Gasteiger partial charge in [-0.1, -0.05) is 130 Å². The highest BCUT2D eigenvalue weighted by Crippen LogP contribution is 2.43. The summed E-state index contributed by atoms with van der Waals surface area (Å²) in [5, 5.41) is 12.6. The molecule has 4 nitrogen and oxygen atoms in total. The summed E-state index contributed by atoms with van der Waals surface area (Å²) in [6, 6.07) is 48.7. The standard InChI is InChI=1S/C48H43N3O/c1-31-27-28-49-45-39(25-24-37(43(31)45)32-15-9-7-10-16-32)34-18-13-17-33(29-34)38-21-14-22-41-44(38)50-46(40-30-36(47(2,3)4)23-26-42(40)52)51(41)48(5,6)35-19-11-8-12-20-35/h7-30,52H,1-6H3. The monoisotopic (exact) mass is 677 g/mol. The van der Waals surface area contributed by atoms with Gasteiger partial charge in [-0.3, -0.25) is 4.98 Å². The Morgan fingerprint density at radius 1 is 0.538 bits per heavy atom. The maximum atomic E-state index is 11.4. The van der Waals surface area contributed by atoms with E-state index in [0.717, 1.165) is 61.3 Å². The normalized spacial score (nSPS) is 12.1. The zero-order valence-electron chi connectivity index (χ0n) is 30.6. The molecule has 2 aromatic heterocycles. The topological polar surface area (TPSA) is 50.9 Å². The molecule has 0 aliphatic rings. The summed E-state index contributed by atoms with van der Waals surface area (Å²) in [6.07, 6.45) is 1.91. The van der Waals surface area contributed by atoms with Crippen LogP contribution in [0.5, 0.6) is 5.75 Å². The fourth-order valence-electron chi connectivity index (χ4n) is 7.61. The zero-order chi connectivity index (χ0) is 36.2. The molecule has 8 rings (SSSR count). The Bertz CT molecular complexity index is 2590. The fourth-order valence-corrected chi connectivity index (χ4v) is 7.61. The lowest BCUT2D eigenvalue weighted by molar-refractivity contribution is 0.448. The van der Waals surface area contributed by atoms with Gasteiger partial charge < -0.3 is 9.67 Å². The maximum absolute atomic E-state index is 11.4. The molecule has 52 heavy (non-hydrogen) atoms. The molecular formula is C48H43N3O. The summed E-state index contributed by atoms with van der Waals surface area (Å²) in [7, 11) is 0. The number of aryl methyl sites for hydroxylation is 1. The van der Waals surface area contributed by atoms with Gasteiger partial charge in [0, 0.05) is 22.7 Å². The Balaban J connectivity index is 1.35. The number of para-hydroxylation sites is 1. The minimum Gasteiger partial charge on any atom is -0.507 e. The first-order valence-corrected chi connectivity index (χ1v) is 18.0. The second-order valence-corrected chi connectivity index (χ2v) is 15.3. The highest BCUT2D eigenvalue weighted by atomic mass is 16.3. The molecule has 2 heterocycles. The first-order valence-electron chi connectivity index (χ1n) is 18.0. The summed E-state index contributed by atoms with van der Waals surface area (Å²) in [5.74, 6) is 0.948. The van der Waals surface area contributed by atoms with Crippen molar-refractivity contribution in [3.05, 3.63) is 162 Å². The highest BCUT2D eigenvalue weighted by Gasteiger charge is 2.31. The number of pyridine rings is 1. The summed E-state index contributed by atoms with van der Waals surface area (Å²) in [5.41, 5.74) is 13.1. The first kappa shape index (κ1) is 33.2. The number of phenolic OH excluding ortho intramolecular Hbond substituents is 1. The Morgan fingerprint density at radius 2 is 1.17 bits per heavy atom. The quantitative estimate of drug-likeness (QED) is 0.191. The van der Waals surface area contributed by atoms with E-state index < -0.39 is 5.54 Å². The SMILES string of the molecule is Cc1ccnc2c(-c3cccc(-c4cccc5c4nc(-c4cc(C(C)(C)C)ccc4O)n5C(C)(C)c4ccccc4)c3)ccc(-c3ccccc3)c12. The minimum absolute atomic E-state index is 0.100. The minimum atomic E-state index is -0.487. The predicted octanol–water partition coefficient (Wildman–Crippen LogP) is 12.3. The van der Waals surface area contributed by atoms with Crippen molar-refractivity contribution in [3.63, 3.8) is 0 Å². The van der Waals surface area contributed by atoms with Crippen LogP contribution in [0.25, 0.3) is 66.7 Å². The van der Waals surface area contributed by atoms with Gasteiger partial charge in [0.05, 0.1) is 27.7 Å². The van der Waals surface area contributed by atoms with E-state index in [4.69, 9.17) is 9.97 Å². The van der Waals surface area contributed by atoms with Gasteiger partial charge in [0.2, 0.25) is 0 Å². The molecule has 0 saturated heterocycles. The fraction of sp³-hybridized carbons (Fsp3) is 0.167. The van der Waals surface area contributed by atoms with E-state index in [1.54, 1.807) is 0 Å². The average Bonchev–Trinajstić information content (AvgIpc) is 3.56. The lowest BCUT2D eigenvalue weighted by atomic mass is 9.86. The van der Waals surface area contributed by atoms with Crippen molar-refractivity contribution in [2.75, 3.05) is 0 Å². The lowest BCUT2D eigenvalue weighted by Crippen LogP contribution is -2.28. The molecule has 0 unspecified atom stereocenters. The van der Waals surface area contributed by atoms with E-state index in [0.29, 0.717) is 0 Å². The molecule has 0 atom stereocenters. The second-order valence-electron chi connectivity index (χ2n) is 15.3. The van der Waals surface area contributed by atoms with Crippen LogP contribution in [-0.4, -0.2) is 19.6 Å². The predicted molar refractivity (Wildman–Crippen MR) is 217 cm³/mol. The molecule has 0 bridgehead atoms. The Labute approximate surface area is 306 Å². The van der Waals surface area contributed by atoms with E-state index in [2.05, 4.69) is 167 Å². The smallest absolute Gasteiger partial charge is 0.145 e. The van der Waals surface area contributed by atoms with Gasteiger partial charge in [0.15, 0.2) is 0 Å². The average molecular weight is 678 g/mol. The third kappa shape index (κ3) is 5.65. The van der Waals surface area contributed by atoms with Crippen molar-refractivity contribution in [2.24, 2.45) is 0 Å². The van der Waals surface area contributed by atoms with Crippen LogP contribution < -0.4 is 0 Å². The van der Waals surface area contributed by atoms with Gasteiger partial charge in [-0.15, -0.1) is 0 Å². The number of aromatic hydroxyl groups is 1. The molecule has 6 aromatic carbocycles. The van der Waals surface area contributed by atoms with Gasteiger partial charge in [-0.2, -0.15) is 0 Å². The summed E-state index contributed by atoms with van der Waals surface area (Å²) in [4.78, 5) is 10.4. The van der Waals surface area contributed by atoms with Crippen molar-refractivity contribution in [3.8, 4) is 50.5 Å². The van der Waals surface area contributed by atoms with Gasteiger partial charge in [0.25, 0.3) is 0 Å². The Morgan fingerprint density at radius 3 is 1.88 bits per heavy atom. The van der Waals surface area contributed by atoms with Crippen LogP contribution in [-0.2, 0) is 11.0 Å².